The summed E-state index contributed by atoms with van der Waals surface area (Å²) in [5, 5.41) is 0. The van der Waals surface area contributed by atoms with E-state index in [0.717, 1.165) is 23.8 Å². The van der Waals surface area contributed by atoms with Crippen LogP contribution in [0.25, 0.3) is 0 Å². The van der Waals surface area contributed by atoms with Crippen molar-refractivity contribution < 1.29 is 19.7 Å². The Morgan fingerprint density at radius 3 is 3.07 bits per heavy atom. The van der Waals surface area contributed by atoms with Gasteiger partial charge in [-0.05, 0) is 12.1 Å². The summed E-state index contributed by atoms with van der Waals surface area (Å²) in [7, 11) is 1.34. The minimum Gasteiger partial charge on any atom is -0.463 e. The lowest BCUT2D eigenvalue weighted by molar-refractivity contribution is -0.360. The van der Waals surface area contributed by atoms with Crippen LogP contribution in [0.1, 0.15) is 16.3 Å². The lowest BCUT2D eigenvalue weighted by Crippen LogP contribution is -2.51. The number of hydrogen-bond acceptors (Lipinski definition) is 4. The largest absolute Gasteiger partial charge is 0.463 e. The average molecular weight is 216 g/mol. The van der Waals surface area contributed by atoms with Gasteiger partial charge in [0.2, 0.25) is 5.76 Å². The monoisotopic (exact) mass is 216 g/mol. The number of methoxy groups -OCH3 is 1. The van der Waals surface area contributed by atoms with Gasteiger partial charge in [0.15, 0.2) is 0 Å². The van der Waals surface area contributed by atoms with E-state index in [1.807, 2.05) is 0 Å². The number of rotatable bonds is 5. The van der Waals surface area contributed by atoms with Gasteiger partial charge in [-0.2, -0.15) is 0 Å². The molecule has 1 heterocycles. The number of esters is 1. The first-order valence-corrected chi connectivity index (χ1v) is 5.47. The van der Waals surface area contributed by atoms with E-state index in [4.69, 9.17) is 4.42 Å². The molecule has 3 N–H and O–H groups in total. The summed E-state index contributed by atoms with van der Waals surface area (Å²) in [6.45, 7) is 0.898. The number of thioether (sulfide) groups is 1. The second kappa shape index (κ2) is 5.72. The van der Waals surface area contributed by atoms with Gasteiger partial charge >= 0.3 is 5.97 Å². The molecule has 0 radical (unpaired) electrons. The summed E-state index contributed by atoms with van der Waals surface area (Å²) >= 11 is 1.73. The van der Waals surface area contributed by atoms with Crippen molar-refractivity contribution in [2.45, 2.75) is 5.75 Å². The van der Waals surface area contributed by atoms with E-state index >= 15 is 0 Å². The summed E-state index contributed by atoms with van der Waals surface area (Å²) in [6.07, 6.45) is 0. The molecule has 4 nitrogen and oxygen atoms in total. The number of ether oxygens (including phenoxy) is 1. The highest BCUT2D eigenvalue weighted by molar-refractivity contribution is 7.98. The van der Waals surface area contributed by atoms with Crippen LogP contribution in [0.5, 0.6) is 0 Å². The van der Waals surface area contributed by atoms with E-state index in [1.165, 1.54) is 7.11 Å². The highest BCUT2D eigenvalue weighted by atomic mass is 32.2. The summed E-state index contributed by atoms with van der Waals surface area (Å²) in [5.41, 5.74) is 3.74. The molecule has 1 rings (SSSR count). The van der Waals surface area contributed by atoms with E-state index in [9.17, 15) is 4.79 Å². The zero-order chi connectivity index (χ0) is 10.4. The van der Waals surface area contributed by atoms with Crippen molar-refractivity contribution in [1.29, 1.82) is 0 Å². The fraction of sp³-hybridized carbons (Fsp3) is 0.444. The van der Waals surface area contributed by atoms with Crippen molar-refractivity contribution >= 4 is 17.7 Å². The average Bonchev–Trinajstić information content (AvgIpc) is 2.66. The molecule has 0 saturated carbocycles. The summed E-state index contributed by atoms with van der Waals surface area (Å²) < 4.78 is 9.79. The molecule has 14 heavy (non-hydrogen) atoms. The molecule has 5 heteroatoms. The number of carbonyl (C=O) groups excluding carboxylic acids is 1. The highest BCUT2D eigenvalue weighted by Gasteiger charge is 2.10. The van der Waals surface area contributed by atoms with Crippen LogP contribution in [0, 0.1) is 0 Å². The van der Waals surface area contributed by atoms with Gasteiger partial charge in [-0.3, -0.25) is 0 Å². The highest BCUT2D eigenvalue weighted by Crippen LogP contribution is 2.15. The normalized spacial score (nSPS) is 10.1. The molecule has 0 fully saturated rings. The topological polar surface area (TPSA) is 67.1 Å². The van der Waals surface area contributed by atoms with Gasteiger partial charge in [-0.25, -0.2) is 4.79 Å². The Morgan fingerprint density at radius 2 is 2.43 bits per heavy atom. The van der Waals surface area contributed by atoms with Crippen LogP contribution < -0.4 is 5.73 Å². The first-order chi connectivity index (χ1) is 6.77. The summed E-state index contributed by atoms with van der Waals surface area (Å²) in [5.74, 6) is 2.39. The third-order valence-electron chi connectivity index (χ3n) is 1.58. The zero-order valence-electron chi connectivity index (χ0n) is 8.12. The zero-order valence-corrected chi connectivity index (χ0v) is 8.93. The molecule has 0 aliphatic rings. The van der Waals surface area contributed by atoms with Crippen LogP contribution in [-0.4, -0.2) is 25.4 Å². The maximum Gasteiger partial charge on any atom is 0.373 e. The smallest absolute Gasteiger partial charge is 0.373 e. The molecule has 0 atom stereocenters. The van der Waals surface area contributed by atoms with Gasteiger partial charge < -0.3 is 14.9 Å². The van der Waals surface area contributed by atoms with E-state index in [0.29, 0.717) is 0 Å². The van der Waals surface area contributed by atoms with E-state index < -0.39 is 5.97 Å². The standard InChI is InChI=1S/C9H13NO3S/c1-12-9(11)8-3-2-7(13-8)6-14-5-4-10/h2-3H,4-6,10H2,1H3/p+1. The molecule has 0 unspecified atom stereocenters. The Bertz CT molecular complexity index is 298. The predicted molar refractivity (Wildman–Crippen MR) is 54.0 cm³/mol. The first-order valence-electron chi connectivity index (χ1n) is 4.32. The van der Waals surface area contributed by atoms with Crippen molar-refractivity contribution in [2.24, 2.45) is 0 Å². The fourth-order valence-corrected chi connectivity index (χ4v) is 1.65. The van der Waals surface area contributed by atoms with Crippen molar-refractivity contribution in [1.82, 2.24) is 0 Å². The van der Waals surface area contributed by atoms with Crippen LogP contribution in [0.3, 0.4) is 0 Å². The lowest BCUT2D eigenvalue weighted by atomic mass is 10.4. The second-order valence-electron chi connectivity index (χ2n) is 2.66. The molecule has 0 aromatic carbocycles. The van der Waals surface area contributed by atoms with Crippen LogP contribution >= 0.6 is 11.8 Å². The lowest BCUT2D eigenvalue weighted by Gasteiger charge is -1.95. The molecule has 0 amide bonds. The first kappa shape index (κ1) is 11.1. The Hall–Kier alpha value is -0.940. The van der Waals surface area contributed by atoms with Crippen molar-refractivity contribution in [3.05, 3.63) is 23.7 Å². The van der Waals surface area contributed by atoms with E-state index in [1.54, 1.807) is 23.9 Å². The minimum absolute atomic E-state index is 0.262. The maximum absolute atomic E-state index is 11.0. The van der Waals surface area contributed by atoms with Crippen molar-refractivity contribution in [3.63, 3.8) is 0 Å². The van der Waals surface area contributed by atoms with Gasteiger partial charge in [-0.1, -0.05) is 0 Å². The van der Waals surface area contributed by atoms with Crippen LogP contribution in [0.15, 0.2) is 16.5 Å². The number of carbonyl (C=O) groups is 1. The van der Waals surface area contributed by atoms with Crippen molar-refractivity contribution in [3.8, 4) is 0 Å². The van der Waals surface area contributed by atoms with Crippen LogP contribution in [-0.2, 0) is 10.5 Å². The SMILES string of the molecule is COC(=O)c1ccc(CSCC[NH3+])o1. The fourth-order valence-electron chi connectivity index (χ4n) is 0.941. The Morgan fingerprint density at radius 1 is 1.64 bits per heavy atom. The predicted octanol–water partition coefficient (Wildman–Crippen LogP) is 0.541. The van der Waals surface area contributed by atoms with Gasteiger partial charge in [0.1, 0.15) is 5.76 Å². The van der Waals surface area contributed by atoms with Crippen LogP contribution in [0.4, 0.5) is 0 Å². The molecule has 0 bridgehead atoms. The molecule has 1 aromatic rings. The van der Waals surface area contributed by atoms with Gasteiger partial charge in [-0.15, -0.1) is 11.8 Å². The number of furan rings is 1. The second-order valence-corrected chi connectivity index (χ2v) is 3.77. The quantitative estimate of drug-likeness (QED) is 0.576. The molecule has 0 spiro atoms. The van der Waals surface area contributed by atoms with E-state index in [-0.39, 0.29) is 5.76 Å². The Balaban J connectivity index is 2.46. The molecule has 0 aliphatic carbocycles. The Kier molecular flexibility index (Phi) is 4.55. The van der Waals surface area contributed by atoms with Gasteiger partial charge in [0.05, 0.1) is 19.4 Å². The summed E-state index contributed by atoms with van der Waals surface area (Å²) in [4.78, 5) is 11.0. The Labute approximate surface area is 86.8 Å². The maximum atomic E-state index is 11.0. The third kappa shape index (κ3) is 3.08. The van der Waals surface area contributed by atoms with Gasteiger partial charge in [0, 0.05) is 5.75 Å². The number of hydrogen-bond donors (Lipinski definition) is 1. The molecular weight excluding hydrogens is 202 g/mol. The molecule has 1 aromatic heterocycles. The molecule has 78 valence electrons. The minimum atomic E-state index is -0.432. The molecule has 0 aliphatic heterocycles. The summed E-state index contributed by atoms with van der Waals surface area (Å²) in [6, 6.07) is 3.42. The van der Waals surface area contributed by atoms with E-state index in [2.05, 4.69) is 10.5 Å². The van der Waals surface area contributed by atoms with Crippen LogP contribution in [0.2, 0.25) is 0 Å². The molecular formula is C9H14NO3S+. The van der Waals surface area contributed by atoms with Crippen molar-refractivity contribution in [2.75, 3.05) is 19.4 Å². The number of quaternary nitrogens is 1. The van der Waals surface area contributed by atoms with Gasteiger partial charge in [0.25, 0.3) is 0 Å². The molecule has 0 saturated heterocycles. The third-order valence-corrected chi connectivity index (χ3v) is 2.65.